The van der Waals surface area contributed by atoms with Gasteiger partial charge >= 0.3 is 0 Å². The van der Waals surface area contributed by atoms with Crippen LogP contribution in [0.15, 0.2) is 0 Å². The van der Waals surface area contributed by atoms with E-state index in [4.69, 9.17) is 5.73 Å². The van der Waals surface area contributed by atoms with E-state index in [0.717, 1.165) is 0 Å². The first-order valence-electron chi connectivity index (χ1n) is 4.51. The van der Waals surface area contributed by atoms with Crippen LogP contribution in [0.2, 0.25) is 0 Å². The number of hydrogen-bond acceptors (Lipinski definition) is 1. The Kier molecular flexibility index (Phi) is 1.17. The summed E-state index contributed by atoms with van der Waals surface area (Å²) >= 11 is 0. The van der Waals surface area contributed by atoms with Gasteiger partial charge < -0.3 is 5.73 Å². The van der Waals surface area contributed by atoms with E-state index in [1.54, 1.807) is 0 Å². The van der Waals surface area contributed by atoms with Crippen molar-refractivity contribution in [3.8, 4) is 0 Å². The van der Waals surface area contributed by atoms with Gasteiger partial charge in [-0.1, -0.05) is 13.3 Å². The minimum absolute atomic E-state index is 0.309. The Labute approximate surface area is 63.0 Å². The Morgan fingerprint density at radius 2 is 1.80 bits per heavy atom. The van der Waals surface area contributed by atoms with Crippen LogP contribution in [0.4, 0.5) is 0 Å². The van der Waals surface area contributed by atoms with Crippen molar-refractivity contribution in [1.82, 2.24) is 0 Å². The molecule has 0 spiro atoms. The average Bonchev–Trinajstić information content (AvgIpc) is 2.69. The van der Waals surface area contributed by atoms with Crippen LogP contribution >= 0.6 is 0 Å². The van der Waals surface area contributed by atoms with Crippen molar-refractivity contribution in [3.05, 3.63) is 0 Å². The zero-order valence-corrected chi connectivity index (χ0v) is 6.82. The second-order valence-electron chi connectivity index (χ2n) is 4.19. The molecule has 0 atom stereocenters. The SMILES string of the molecule is CCCC1(C2(N)CC2)CC1. The first kappa shape index (κ1) is 6.66. The van der Waals surface area contributed by atoms with Crippen molar-refractivity contribution in [1.29, 1.82) is 0 Å². The molecule has 0 aromatic heterocycles. The van der Waals surface area contributed by atoms with Crippen LogP contribution in [0.25, 0.3) is 0 Å². The van der Waals surface area contributed by atoms with Crippen LogP contribution in [0.5, 0.6) is 0 Å². The van der Waals surface area contributed by atoms with Gasteiger partial charge in [0, 0.05) is 5.54 Å². The van der Waals surface area contributed by atoms with Gasteiger partial charge in [-0.25, -0.2) is 0 Å². The monoisotopic (exact) mass is 139 g/mol. The topological polar surface area (TPSA) is 26.0 Å². The summed E-state index contributed by atoms with van der Waals surface area (Å²) in [6, 6.07) is 0. The van der Waals surface area contributed by atoms with Crippen molar-refractivity contribution in [2.75, 3.05) is 0 Å². The van der Waals surface area contributed by atoms with Crippen LogP contribution in [0, 0.1) is 5.41 Å². The highest BCUT2D eigenvalue weighted by Gasteiger charge is 2.62. The van der Waals surface area contributed by atoms with E-state index in [-0.39, 0.29) is 0 Å². The number of rotatable bonds is 3. The molecule has 10 heavy (non-hydrogen) atoms. The normalized spacial score (nSPS) is 31.8. The van der Waals surface area contributed by atoms with Gasteiger partial charge in [0.25, 0.3) is 0 Å². The van der Waals surface area contributed by atoms with Crippen LogP contribution in [0.3, 0.4) is 0 Å². The van der Waals surface area contributed by atoms with Gasteiger partial charge in [0.1, 0.15) is 0 Å². The Balaban J connectivity index is 2.01. The fraction of sp³-hybridized carbons (Fsp3) is 1.00. The Morgan fingerprint density at radius 3 is 2.10 bits per heavy atom. The van der Waals surface area contributed by atoms with Gasteiger partial charge in [-0.3, -0.25) is 0 Å². The molecule has 0 bridgehead atoms. The lowest BCUT2D eigenvalue weighted by Gasteiger charge is -2.21. The highest BCUT2D eigenvalue weighted by Crippen LogP contribution is 2.64. The molecule has 2 rings (SSSR count). The molecule has 0 aliphatic heterocycles. The maximum absolute atomic E-state index is 6.17. The fourth-order valence-corrected chi connectivity index (χ4v) is 2.29. The highest BCUT2D eigenvalue weighted by atomic mass is 14.9. The summed E-state index contributed by atoms with van der Waals surface area (Å²) in [5.74, 6) is 0. The van der Waals surface area contributed by atoms with Gasteiger partial charge in [-0.15, -0.1) is 0 Å². The zero-order chi connectivity index (χ0) is 7.24. The standard InChI is InChI=1S/C9H17N/c1-2-3-8(4-5-8)9(10)6-7-9/h2-7,10H2,1H3. The third kappa shape index (κ3) is 0.731. The number of nitrogens with two attached hydrogens (primary N) is 1. The minimum atomic E-state index is 0.309. The van der Waals surface area contributed by atoms with E-state index in [2.05, 4.69) is 6.92 Å². The second-order valence-corrected chi connectivity index (χ2v) is 4.19. The van der Waals surface area contributed by atoms with Crippen molar-refractivity contribution in [3.63, 3.8) is 0 Å². The summed E-state index contributed by atoms with van der Waals surface area (Å²) in [6.45, 7) is 2.27. The predicted octanol–water partition coefficient (Wildman–Crippen LogP) is 2.06. The van der Waals surface area contributed by atoms with Crippen LogP contribution in [-0.4, -0.2) is 5.54 Å². The summed E-state index contributed by atoms with van der Waals surface area (Å²) in [4.78, 5) is 0. The van der Waals surface area contributed by atoms with Crippen molar-refractivity contribution in [2.24, 2.45) is 11.1 Å². The van der Waals surface area contributed by atoms with Crippen molar-refractivity contribution in [2.45, 2.75) is 51.0 Å². The molecule has 0 heterocycles. The Hall–Kier alpha value is -0.0400. The van der Waals surface area contributed by atoms with Gasteiger partial charge in [-0.05, 0) is 37.5 Å². The second kappa shape index (κ2) is 1.76. The van der Waals surface area contributed by atoms with Gasteiger partial charge in [0.2, 0.25) is 0 Å². The highest BCUT2D eigenvalue weighted by molar-refractivity contribution is 5.18. The molecule has 0 aromatic carbocycles. The molecular weight excluding hydrogens is 122 g/mol. The van der Waals surface area contributed by atoms with E-state index < -0.39 is 0 Å². The molecule has 0 unspecified atom stereocenters. The largest absolute Gasteiger partial charge is 0.325 e. The van der Waals surface area contributed by atoms with Gasteiger partial charge in [-0.2, -0.15) is 0 Å². The maximum Gasteiger partial charge on any atom is 0.0212 e. The van der Waals surface area contributed by atoms with E-state index >= 15 is 0 Å². The summed E-state index contributed by atoms with van der Waals surface area (Å²) < 4.78 is 0. The summed E-state index contributed by atoms with van der Waals surface area (Å²) in [6.07, 6.45) is 8.12. The molecule has 0 amide bonds. The van der Waals surface area contributed by atoms with Gasteiger partial charge in [0.15, 0.2) is 0 Å². The molecule has 2 saturated carbocycles. The maximum atomic E-state index is 6.17. The molecule has 2 fully saturated rings. The van der Waals surface area contributed by atoms with E-state index in [1.165, 1.54) is 38.5 Å². The molecule has 58 valence electrons. The lowest BCUT2D eigenvalue weighted by atomic mass is 9.90. The minimum Gasteiger partial charge on any atom is -0.325 e. The Bertz CT molecular complexity index is 143. The molecule has 2 N–H and O–H groups in total. The molecule has 1 heteroatoms. The van der Waals surface area contributed by atoms with E-state index in [1.807, 2.05) is 0 Å². The first-order chi connectivity index (χ1) is 4.72. The summed E-state index contributed by atoms with van der Waals surface area (Å²) in [7, 11) is 0. The molecule has 0 saturated heterocycles. The third-order valence-corrected chi connectivity index (χ3v) is 3.43. The van der Waals surface area contributed by atoms with Crippen LogP contribution in [0.1, 0.15) is 45.4 Å². The quantitative estimate of drug-likeness (QED) is 0.636. The van der Waals surface area contributed by atoms with Crippen molar-refractivity contribution < 1.29 is 0 Å². The number of hydrogen-bond donors (Lipinski definition) is 1. The summed E-state index contributed by atoms with van der Waals surface area (Å²) in [5, 5.41) is 0. The smallest absolute Gasteiger partial charge is 0.0212 e. The lowest BCUT2D eigenvalue weighted by Crippen LogP contribution is -2.33. The molecule has 2 aliphatic carbocycles. The summed E-state index contributed by atoms with van der Waals surface area (Å²) in [5.41, 5.74) is 7.11. The first-order valence-corrected chi connectivity index (χ1v) is 4.51. The van der Waals surface area contributed by atoms with Gasteiger partial charge in [0.05, 0.1) is 0 Å². The van der Waals surface area contributed by atoms with Crippen molar-refractivity contribution >= 4 is 0 Å². The predicted molar refractivity (Wildman–Crippen MR) is 42.7 cm³/mol. The average molecular weight is 139 g/mol. The van der Waals surface area contributed by atoms with Crippen LogP contribution in [-0.2, 0) is 0 Å². The molecule has 2 aliphatic rings. The Morgan fingerprint density at radius 1 is 1.20 bits per heavy atom. The van der Waals surface area contributed by atoms with E-state index in [0.29, 0.717) is 11.0 Å². The zero-order valence-electron chi connectivity index (χ0n) is 6.82. The molecule has 0 radical (unpaired) electrons. The fourth-order valence-electron chi connectivity index (χ4n) is 2.29. The molecule has 0 aromatic rings. The lowest BCUT2D eigenvalue weighted by molar-refractivity contribution is 0.348. The molecule has 1 nitrogen and oxygen atoms in total. The third-order valence-electron chi connectivity index (χ3n) is 3.43. The molecular formula is C9H17N. The van der Waals surface area contributed by atoms with Crippen LogP contribution < -0.4 is 5.73 Å². The van der Waals surface area contributed by atoms with E-state index in [9.17, 15) is 0 Å².